The van der Waals surface area contributed by atoms with Crippen molar-refractivity contribution in [2.24, 2.45) is 0 Å². The van der Waals surface area contributed by atoms with Gasteiger partial charge in [0.15, 0.2) is 0 Å². The number of aryl methyl sites for hydroxylation is 4. The maximum absolute atomic E-state index is 5.30. The van der Waals surface area contributed by atoms with E-state index in [4.69, 9.17) is 9.97 Å². The summed E-state index contributed by atoms with van der Waals surface area (Å²) in [7, 11) is 0. The van der Waals surface area contributed by atoms with E-state index in [1.165, 1.54) is 99.5 Å². The van der Waals surface area contributed by atoms with Gasteiger partial charge in [-0.25, -0.2) is 9.97 Å². The highest BCUT2D eigenvalue weighted by Crippen LogP contribution is 2.38. The molecule has 0 amide bonds. The Morgan fingerprint density at radius 2 is 0.676 bits per heavy atom. The van der Waals surface area contributed by atoms with Crippen molar-refractivity contribution in [3.8, 4) is 22.3 Å². The van der Waals surface area contributed by atoms with E-state index in [0.29, 0.717) is 0 Å². The molecule has 2 N–H and O–H groups in total. The molecule has 3 aromatic heterocycles. The van der Waals surface area contributed by atoms with Gasteiger partial charge in [0, 0.05) is 22.1 Å². The molecule has 2 aliphatic heterocycles. The molecule has 0 radical (unpaired) electrons. The Kier molecular flexibility index (Phi) is 14.6. The van der Waals surface area contributed by atoms with Crippen LogP contribution in [0.1, 0.15) is 152 Å². The summed E-state index contributed by atoms with van der Waals surface area (Å²) in [6.07, 6.45) is 3.65. The Morgan fingerprint density at radius 3 is 0.973 bits per heavy atom. The fourth-order valence-corrected chi connectivity index (χ4v) is 11.2. The zero-order chi connectivity index (χ0) is 52.6. The van der Waals surface area contributed by atoms with Crippen LogP contribution in [0.4, 0.5) is 0 Å². The topological polar surface area (TPSA) is 57.4 Å². The fraction of sp³-hybridized carbons (Fsp3) is 0.286. The number of H-pyrrole nitrogens is 2. The Balaban J connectivity index is 1.32. The number of hydrogen-bond acceptors (Lipinski definition) is 2. The van der Waals surface area contributed by atoms with Crippen LogP contribution < -0.4 is 0 Å². The Labute approximate surface area is 441 Å². The molecule has 4 aliphatic carbocycles. The molecular formula is C70H76N4. The summed E-state index contributed by atoms with van der Waals surface area (Å²) in [5.74, 6) is 0. The number of nitrogens with zero attached hydrogens (tertiary/aromatic N) is 2. The van der Waals surface area contributed by atoms with Crippen molar-refractivity contribution in [2.75, 3.05) is 0 Å². The summed E-state index contributed by atoms with van der Waals surface area (Å²) in [6, 6.07) is 54.2. The predicted molar refractivity (Wildman–Crippen MR) is 322 cm³/mol. The lowest BCUT2D eigenvalue weighted by molar-refractivity contribution is 0.590. The number of rotatable bonds is 4. The van der Waals surface area contributed by atoms with Gasteiger partial charge in [-0.1, -0.05) is 166 Å². The number of allylic oxidation sites excluding steroid dienone is 4. The van der Waals surface area contributed by atoms with Crippen molar-refractivity contribution in [2.45, 2.75) is 133 Å². The van der Waals surface area contributed by atoms with E-state index < -0.39 is 0 Å². The molecule has 0 saturated heterocycles. The number of aromatic nitrogens is 4. The molecule has 0 aromatic carbocycles. The molecule has 5 heterocycles. The van der Waals surface area contributed by atoms with Crippen LogP contribution in [0.15, 0.2) is 146 Å². The number of hydrogen-bond donors (Lipinski definition) is 2. The van der Waals surface area contributed by atoms with Gasteiger partial charge in [-0.3, -0.25) is 0 Å². The normalized spacial score (nSPS) is 12.8. The molecule has 376 valence electrons. The van der Waals surface area contributed by atoms with Crippen LogP contribution in [0.5, 0.6) is 0 Å². The third kappa shape index (κ3) is 10.2. The number of aromatic amines is 2. The van der Waals surface area contributed by atoms with Crippen LogP contribution >= 0.6 is 0 Å². The summed E-state index contributed by atoms with van der Waals surface area (Å²) in [5, 5.41) is 4.75. The summed E-state index contributed by atoms with van der Waals surface area (Å²) < 4.78 is 0. The van der Waals surface area contributed by atoms with Crippen LogP contribution in [0.3, 0.4) is 0 Å². The maximum Gasteiger partial charge on any atom is 0.0693 e. The number of nitrogens with one attached hydrogen (secondary N) is 2. The quantitative estimate of drug-likeness (QED) is 0.185. The van der Waals surface area contributed by atoms with Crippen molar-refractivity contribution in [1.82, 2.24) is 19.9 Å². The lowest BCUT2D eigenvalue weighted by atomic mass is 9.88. The lowest BCUT2D eigenvalue weighted by Gasteiger charge is -2.17. The zero-order valence-corrected chi connectivity index (χ0v) is 46.6. The van der Waals surface area contributed by atoms with Gasteiger partial charge in [0.1, 0.15) is 0 Å². The first-order valence-electron chi connectivity index (χ1n) is 27.1. The van der Waals surface area contributed by atoms with E-state index in [9.17, 15) is 0 Å². The van der Waals surface area contributed by atoms with Crippen molar-refractivity contribution < 1.29 is 0 Å². The van der Waals surface area contributed by atoms with Crippen molar-refractivity contribution in [1.29, 1.82) is 0 Å². The molecule has 0 atom stereocenters. The molecule has 4 heteroatoms. The molecule has 9 rings (SSSR count). The smallest absolute Gasteiger partial charge is 0.0693 e. The van der Waals surface area contributed by atoms with E-state index in [2.05, 4.69) is 252 Å². The van der Waals surface area contributed by atoms with Gasteiger partial charge in [-0.15, -0.1) is 0 Å². The third-order valence-corrected chi connectivity index (χ3v) is 15.7. The highest BCUT2D eigenvalue weighted by atomic mass is 14.8. The van der Waals surface area contributed by atoms with Gasteiger partial charge < -0.3 is 9.97 Å². The largest absolute Gasteiger partial charge is 0.355 e. The Hall–Kier alpha value is -7.30. The monoisotopic (exact) mass is 973 g/mol. The SMILES string of the molecule is CCC1=C(C)c2cccc3cc(cccc4[nH]c(cc5nc(cccc6cc(cccc7[nH]c(cc1n2)c(CC)c7C)c1ccc(C(C)(C)C)ccc6-1)C(C)=C5CC)c(CC)c4C)c1ccc(C(C)(C)C)ccc3-1. The second-order valence-corrected chi connectivity index (χ2v) is 22.4. The zero-order valence-electron chi connectivity index (χ0n) is 46.6. The highest BCUT2D eigenvalue weighted by molar-refractivity contribution is 6.01. The first-order chi connectivity index (χ1) is 35.4. The molecule has 4 nitrogen and oxygen atoms in total. The van der Waals surface area contributed by atoms with Gasteiger partial charge >= 0.3 is 0 Å². The molecule has 3 aromatic rings. The molecule has 0 fully saturated rings. The summed E-state index contributed by atoms with van der Waals surface area (Å²) in [6.45, 7) is 31.6. The van der Waals surface area contributed by atoms with E-state index in [0.717, 1.165) is 70.5 Å². The van der Waals surface area contributed by atoms with Crippen molar-refractivity contribution in [3.63, 3.8) is 0 Å². The van der Waals surface area contributed by atoms with Gasteiger partial charge in [0.2, 0.25) is 0 Å². The van der Waals surface area contributed by atoms with E-state index in [1.54, 1.807) is 0 Å². The van der Waals surface area contributed by atoms with Gasteiger partial charge in [0.25, 0.3) is 0 Å². The molecule has 0 spiro atoms. The van der Waals surface area contributed by atoms with Crippen LogP contribution in [0.25, 0.3) is 88.2 Å². The first-order valence-corrected chi connectivity index (χ1v) is 27.1. The standard InChI is InChI=1S/C70H76N4/c1-15-53-43(5)61-27-19-23-47-39-48(58-36-32-51(69(9,10)11)31-35-57(47)58)25-21-29-63-45(7)55(17-3)67(73-63)42-68-56(18-4)46(8)64(74-68)30-22-26-50-40-49(59-37-33-52(70(12,13)14)34-38-60(50)59)24-20-28-62-44(6)54(16-2)66(72-62)41-65(53)71-61/h19-42,71,74H,15-18H2,1-14H3. The van der Waals surface area contributed by atoms with Crippen LogP contribution in [-0.4, -0.2) is 19.9 Å². The van der Waals surface area contributed by atoms with Crippen LogP contribution in [0.2, 0.25) is 0 Å². The van der Waals surface area contributed by atoms with E-state index in [-0.39, 0.29) is 10.8 Å². The molecule has 0 saturated carbocycles. The summed E-state index contributed by atoms with van der Waals surface area (Å²) in [5.41, 5.74) is 26.4. The predicted octanol–water partition coefficient (Wildman–Crippen LogP) is 19.8. The molecule has 12 bridgehead atoms. The average molecular weight is 973 g/mol. The molecule has 6 aliphatic rings. The minimum Gasteiger partial charge on any atom is -0.355 e. The summed E-state index contributed by atoms with van der Waals surface area (Å²) >= 11 is 0. The number of fused-ring (bicyclic) bond motifs is 18. The summed E-state index contributed by atoms with van der Waals surface area (Å²) in [4.78, 5) is 18.2. The molecule has 0 unspecified atom stereocenters. The Bertz CT molecular complexity index is 3530. The average Bonchev–Trinajstić information content (AvgIpc) is 4.08. The van der Waals surface area contributed by atoms with Crippen LogP contribution in [0, 0.1) is 13.8 Å². The van der Waals surface area contributed by atoms with Gasteiger partial charge in [-0.05, 0) is 212 Å². The van der Waals surface area contributed by atoms with Crippen LogP contribution in [-0.2, 0) is 23.7 Å². The minimum absolute atomic E-state index is 0.0273. The van der Waals surface area contributed by atoms with Crippen molar-refractivity contribution >= 4 is 65.9 Å². The molecular weight excluding hydrogens is 897 g/mol. The molecule has 74 heavy (non-hydrogen) atoms. The highest BCUT2D eigenvalue weighted by Gasteiger charge is 2.19. The van der Waals surface area contributed by atoms with Gasteiger partial charge in [-0.2, -0.15) is 0 Å². The Morgan fingerprint density at radius 1 is 0.351 bits per heavy atom. The van der Waals surface area contributed by atoms with E-state index in [1.807, 2.05) is 0 Å². The second kappa shape index (κ2) is 20.9. The van der Waals surface area contributed by atoms with Crippen molar-refractivity contribution in [3.05, 3.63) is 202 Å². The second-order valence-electron chi connectivity index (χ2n) is 22.4. The van der Waals surface area contributed by atoms with Gasteiger partial charge in [0.05, 0.1) is 22.8 Å². The fourth-order valence-electron chi connectivity index (χ4n) is 11.2. The lowest BCUT2D eigenvalue weighted by Crippen LogP contribution is -2.09. The third-order valence-electron chi connectivity index (χ3n) is 15.7. The van der Waals surface area contributed by atoms with E-state index >= 15 is 0 Å². The first kappa shape index (κ1) is 51.6. The maximum atomic E-state index is 5.30. The minimum atomic E-state index is 0.0273.